The van der Waals surface area contributed by atoms with Crippen LogP contribution in [0.25, 0.3) is 0 Å². The maximum Gasteiger partial charge on any atom is 0.121 e. The third-order valence-corrected chi connectivity index (χ3v) is 2.43. The van der Waals surface area contributed by atoms with Crippen molar-refractivity contribution in [3.8, 4) is 0 Å². The molecule has 0 aliphatic carbocycles. The Morgan fingerprint density at radius 2 is 1.54 bits per heavy atom. The molecule has 71 valence electrons. The smallest absolute Gasteiger partial charge is 0.121 e. The summed E-state index contributed by atoms with van der Waals surface area (Å²) in [4.78, 5) is 0. The molecule has 0 saturated heterocycles. The quantitative estimate of drug-likeness (QED) is 0.659. The second-order valence-electron chi connectivity index (χ2n) is 3.97. The highest BCUT2D eigenvalue weighted by atomic mass is 16.3. The van der Waals surface area contributed by atoms with Gasteiger partial charge in [0.2, 0.25) is 0 Å². The molecular formula is C12H17O. The summed E-state index contributed by atoms with van der Waals surface area (Å²) < 4.78 is 0. The van der Waals surface area contributed by atoms with Gasteiger partial charge in [0.25, 0.3) is 0 Å². The van der Waals surface area contributed by atoms with Crippen molar-refractivity contribution in [3.05, 3.63) is 34.9 Å². The molecular weight excluding hydrogens is 160 g/mol. The highest BCUT2D eigenvalue weighted by molar-refractivity contribution is 5.35. The van der Waals surface area contributed by atoms with Gasteiger partial charge in [-0.2, -0.15) is 0 Å². The lowest BCUT2D eigenvalue weighted by atomic mass is 9.92. The Balaban J connectivity index is 3.12. The van der Waals surface area contributed by atoms with Crippen molar-refractivity contribution in [3.63, 3.8) is 0 Å². The van der Waals surface area contributed by atoms with Crippen molar-refractivity contribution in [1.82, 2.24) is 0 Å². The number of rotatable bonds is 2. The van der Waals surface area contributed by atoms with Crippen LogP contribution in [0.5, 0.6) is 0 Å². The van der Waals surface area contributed by atoms with Crippen LogP contribution in [0.15, 0.2) is 18.2 Å². The second-order valence-corrected chi connectivity index (χ2v) is 3.97. The van der Waals surface area contributed by atoms with Gasteiger partial charge in [0, 0.05) is 0 Å². The monoisotopic (exact) mass is 177 g/mol. The first-order valence-electron chi connectivity index (χ1n) is 4.76. The molecule has 1 radical (unpaired) electrons. The van der Waals surface area contributed by atoms with E-state index in [1.165, 1.54) is 0 Å². The van der Waals surface area contributed by atoms with E-state index in [1.54, 1.807) is 0 Å². The van der Waals surface area contributed by atoms with Gasteiger partial charge in [-0.05, 0) is 36.5 Å². The van der Waals surface area contributed by atoms with Crippen LogP contribution in [-0.4, -0.2) is 0 Å². The summed E-state index contributed by atoms with van der Waals surface area (Å²) in [6, 6.07) is 6.02. The highest BCUT2D eigenvalue weighted by Gasteiger charge is 2.17. The van der Waals surface area contributed by atoms with Gasteiger partial charge in [-0.15, -0.1) is 0 Å². The number of aryl methyl sites for hydroxylation is 2. The second kappa shape index (κ2) is 3.93. The Morgan fingerprint density at radius 1 is 1.08 bits per heavy atom. The summed E-state index contributed by atoms with van der Waals surface area (Å²) in [6.07, 6.45) is -0.582. The van der Waals surface area contributed by atoms with Gasteiger partial charge in [-0.3, -0.25) is 0 Å². The fourth-order valence-electron chi connectivity index (χ4n) is 1.61. The summed E-state index contributed by atoms with van der Waals surface area (Å²) in [5.74, 6) is 0.166. The Bertz CT molecular complexity index is 269. The molecule has 0 bridgehead atoms. The molecule has 1 aromatic carbocycles. The van der Waals surface area contributed by atoms with Gasteiger partial charge in [0.05, 0.1) is 0 Å². The van der Waals surface area contributed by atoms with E-state index in [9.17, 15) is 5.11 Å². The molecule has 0 spiro atoms. The van der Waals surface area contributed by atoms with Crippen LogP contribution in [0.1, 0.15) is 36.6 Å². The molecule has 0 aromatic heterocycles. The van der Waals surface area contributed by atoms with Gasteiger partial charge in [-0.1, -0.05) is 32.0 Å². The molecule has 0 aliphatic rings. The van der Waals surface area contributed by atoms with E-state index in [1.807, 2.05) is 45.9 Å². The van der Waals surface area contributed by atoms with E-state index in [-0.39, 0.29) is 5.92 Å². The molecule has 1 heteroatoms. The van der Waals surface area contributed by atoms with Crippen molar-refractivity contribution in [1.29, 1.82) is 0 Å². The van der Waals surface area contributed by atoms with E-state index < -0.39 is 6.10 Å². The lowest BCUT2D eigenvalue weighted by Crippen LogP contribution is -2.07. The van der Waals surface area contributed by atoms with Crippen LogP contribution in [-0.2, 0) is 5.11 Å². The van der Waals surface area contributed by atoms with Crippen LogP contribution in [0, 0.1) is 19.8 Å². The van der Waals surface area contributed by atoms with Gasteiger partial charge in [0.15, 0.2) is 0 Å². The fraction of sp³-hybridized carbons (Fsp3) is 0.500. The third-order valence-electron chi connectivity index (χ3n) is 2.43. The first-order valence-corrected chi connectivity index (χ1v) is 4.76. The van der Waals surface area contributed by atoms with Crippen molar-refractivity contribution >= 4 is 0 Å². The van der Waals surface area contributed by atoms with Crippen molar-refractivity contribution < 1.29 is 5.11 Å². The van der Waals surface area contributed by atoms with E-state index >= 15 is 0 Å². The van der Waals surface area contributed by atoms with E-state index in [4.69, 9.17) is 0 Å². The first-order chi connectivity index (χ1) is 6.04. The van der Waals surface area contributed by atoms with Crippen molar-refractivity contribution in [2.24, 2.45) is 5.92 Å². The maximum absolute atomic E-state index is 11.9. The zero-order chi connectivity index (χ0) is 10.0. The summed E-state index contributed by atoms with van der Waals surface area (Å²) in [6.45, 7) is 7.97. The minimum absolute atomic E-state index is 0.166. The largest absolute Gasteiger partial charge is 0.228 e. The molecule has 1 aromatic rings. The molecule has 1 nitrogen and oxygen atoms in total. The molecule has 1 rings (SSSR count). The fourth-order valence-corrected chi connectivity index (χ4v) is 1.61. The summed E-state index contributed by atoms with van der Waals surface area (Å²) in [5, 5.41) is 11.9. The lowest BCUT2D eigenvalue weighted by Gasteiger charge is -2.17. The average molecular weight is 177 g/mol. The standard InChI is InChI=1S/C12H17O/c1-8(2)12(13)11-9(3)6-5-7-10(11)4/h5-8,12H,1-4H3. The van der Waals surface area contributed by atoms with Gasteiger partial charge >= 0.3 is 0 Å². The third kappa shape index (κ3) is 2.10. The minimum atomic E-state index is -0.582. The molecule has 13 heavy (non-hydrogen) atoms. The van der Waals surface area contributed by atoms with Crippen molar-refractivity contribution in [2.75, 3.05) is 0 Å². The van der Waals surface area contributed by atoms with Crippen LogP contribution in [0.4, 0.5) is 0 Å². The molecule has 0 saturated carbocycles. The molecule has 0 amide bonds. The number of hydrogen-bond donors (Lipinski definition) is 0. The van der Waals surface area contributed by atoms with E-state index in [0.717, 1.165) is 16.7 Å². The molecule has 1 atom stereocenters. The highest BCUT2D eigenvalue weighted by Crippen LogP contribution is 2.27. The van der Waals surface area contributed by atoms with Crippen molar-refractivity contribution in [2.45, 2.75) is 33.8 Å². The van der Waals surface area contributed by atoms with Crippen LogP contribution >= 0.6 is 0 Å². The summed E-state index contributed by atoms with van der Waals surface area (Å²) in [7, 11) is 0. The zero-order valence-electron chi connectivity index (χ0n) is 8.79. The number of benzene rings is 1. The van der Waals surface area contributed by atoms with Gasteiger partial charge in [-0.25, -0.2) is 5.11 Å². The topological polar surface area (TPSA) is 19.9 Å². The maximum atomic E-state index is 11.9. The minimum Gasteiger partial charge on any atom is -0.228 e. The van der Waals surface area contributed by atoms with Gasteiger partial charge < -0.3 is 0 Å². The molecule has 0 heterocycles. The normalized spacial score (nSPS) is 13.4. The number of hydrogen-bond acceptors (Lipinski definition) is 0. The Kier molecular flexibility index (Phi) is 3.10. The summed E-state index contributed by atoms with van der Waals surface area (Å²) >= 11 is 0. The molecule has 0 N–H and O–H groups in total. The van der Waals surface area contributed by atoms with Crippen LogP contribution < -0.4 is 0 Å². The summed E-state index contributed by atoms with van der Waals surface area (Å²) in [5.41, 5.74) is 3.22. The van der Waals surface area contributed by atoms with Crippen LogP contribution in [0.2, 0.25) is 0 Å². The zero-order valence-corrected chi connectivity index (χ0v) is 8.79. The molecule has 0 aliphatic heterocycles. The average Bonchev–Trinajstić information content (AvgIpc) is 2.03. The SMILES string of the molecule is Cc1cccc(C)c1C([O])C(C)C. The Morgan fingerprint density at radius 3 is 1.92 bits per heavy atom. The molecule has 0 fully saturated rings. The predicted molar refractivity (Wildman–Crippen MR) is 54.2 cm³/mol. The van der Waals surface area contributed by atoms with E-state index in [2.05, 4.69) is 0 Å². The van der Waals surface area contributed by atoms with Gasteiger partial charge in [0.1, 0.15) is 6.10 Å². The Labute approximate surface area is 80.4 Å². The lowest BCUT2D eigenvalue weighted by molar-refractivity contribution is 0.0478. The Hall–Kier alpha value is -0.820. The molecule has 1 unspecified atom stereocenters. The van der Waals surface area contributed by atoms with Crippen LogP contribution in [0.3, 0.4) is 0 Å². The van der Waals surface area contributed by atoms with E-state index in [0.29, 0.717) is 0 Å². The first kappa shape index (κ1) is 10.3. The predicted octanol–water partition coefficient (Wildman–Crippen LogP) is 3.43.